The van der Waals surface area contributed by atoms with Gasteiger partial charge in [0, 0.05) is 24.2 Å². The third kappa shape index (κ3) is 3.34. The zero-order valence-electron chi connectivity index (χ0n) is 12.7. The van der Waals surface area contributed by atoms with Crippen LogP contribution < -0.4 is 15.7 Å². The van der Waals surface area contributed by atoms with Crippen molar-refractivity contribution in [2.75, 3.05) is 16.8 Å². The van der Waals surface area contributed by atoms with Gasteiger partial charge in [0.25, 0.3) is 5.91 Å². The molecule has 2 amide bonds. The van der Waals surface area contributed by atoms with Gasteiger partial charge in [-0.05, 0) is 36.4 Å². The second-order valence-corrected chi connectivity index (χ2v) is 5.93. The minimum atomic E-state index is -0.567. The largest absolute Gasteiger partial charge is 0.380 e. The summed E-state index contributed by atoms with van der Waals surface area (Å²) >= 11 is 6.17. The number of rotatable bonds is 4. The summed E-state index contributed by atoms with van der Waals surface area (Å²) in [6, 6.07) is 13.9. The molecule has 0 saturated carbocycles. The summed E-state index contributed by atoms with van der Waals surface area (Å²) in [5.41, 5.74) is 3.44. The fourth-order valence-electron chi connectivity index (χ4n) is 2.73. The molecule has 1 unspecified atom stereocenters. The van der Waals surface area contributed by atoms with E-state index in [1.807, 2.05) is 18.2 Å². The van der Waals surface area contributed by atoms with E-state index >= 15 is 0 Å². The maximum absolute atomic E-state index is 12.3. The Morgan fingerprint density at radius 1 is 1.17 bits per heavy atom. The highest BCUT2D eigenvalue weighted by molar-refractivity contribution is 6.33. The first-order valence-corrected chi connectivity index (χ1v) is 7.82. The van der Waals surface area contributed by atoms with Gasteiger partial charge in [-0.15, -0.1) is 0 Å². The highest BCUT2D eigenvalue weighted by Gasteiger charge is 2.31. The van der Waals surface area contributed by atoms with E-state index in [0.717, 1.165) is 5.69 Å². The van der Waals surface area contributed by atoms with Crippen LogP contribution in [-0.2, 0) is 4.79 Å². The van der Waals surface area contributed by atoms with Gasteiger partial charge in [-0.2, -0.15) is 0 Å². The lowest BCUT2D eigenvalue weighted by Gasteiger charge is -2.19. The first kappa shape index (κ1) is 16.3. The average Bonchev–Trinajstić information content (AvgIpc) is 2.95. The molecule has 1 aliphatic heterocycles. The molecule has 0 aromatic heterocycles. The zero-order valence-corrected chi connectivity index (χ0v) is 13.5. The van der Waals surface area contributed by atoms with Crippen LogP contribution in [0, 0.1) is 0 Å². The third-order valence-corrected chi connectivity index (χ3v) is 4.21. The van der Waals surface area contributed by atoms with Crippen LogP contribution in [-0.4, -0.2) is 29.6 Å². The number of para-hydroxylation sites is 1. The van der Waals surface area contributed by atoms with Crippen molar-refractivity contribution in [3.8, 4) is 0 Å². The van der Waals surface area contributed by atoms with E-state index in [0.29, 0.717) is 29.2 Å². The fraction of sp³-hybridized carbons (Fsp3) is 0.176. The van der Waals surface area contributed by atoms with E-state index < -0.39 is 5.91 Å². The fourth-order valence-corrected chi connectivity index (χ4v) is 2.96. The number of anilines is 2. The van der Waals surface area contributed by atoms with E-state index in [2.05, 4.69) is 5.32 Å². The molecule has 1 fully saturated rings. The van der Waals surface area contributed by atoms with E-state index in [1.165, 1.54) is 0 Å². The van der Waals surface area contributed by atoms with Crippen LogP contribution in [0.3, 0.4) is 0 Å². The van der Waals surface area contributed by atoms with Crippen LogP contribution in [0.1, 0.15) is 16.8 Å². The molecule has 0 radical (unpaired) electrons. The summed E-state index contributed by atoms with van der Waals surface area (Å²) in [6.07, 6.45) is 0.365. The van der Waals surface area contributed by atoms with Crippen LogP contribution in [0.4, 0.5) is 11.4 Å². The normalized spacial score (nSPS) is 17.0. The summed E-state index contributed by atoms with van der Waals surface area (Å²) in [7, 11) is 0. The van der Waals surface area contributed by atoms with Crippen LogP contribution in [0.5, 0.6) is 0 Å². The Hall–Kier alpha value is -2.57. The predicted molar refractivity (Wildman–Crippen MR) is 91.5 cm³/mol. The lowest BCUT2D eigenvalue weighted by atomic mass is 10.1. The molecular formula is C17H16ClN3O3. The molecule has 1 saturated heterocycles. The highest BCUT2D eigenvalue weighted by atomic mass is 35.5. The lowest BCUT2D eigenvalue weighted by molar-refractivity contribution is -0.117. The molecule has 0 spiro atoms. The maximum atomic E-state index is 12.3. The molecule has 0 bridgehead atoms. The van der Waals surface area contributed by atoms with Crippen molar-refractivity contribution in [1.29, 1.82) is 0 Å². The van der Waals surface area contributed by atoms with Gasteiger partial charge in [-0.1, -0.05) is 23.7 Å². The third-order valence-electron chi connectivity index (χ3n) is 3.89. The Kier molecular flexibility index (Phi) is 4.69. The van der Waals surface area contributed by atoms with Crippen molar-refractivity contribution in [1.82, 2.24) is 5.48 Å². The second kappa shape index (κ2) is 6.90. The smallest absolute Gasteiger partial charge is 0.274 e. The lowest BCUT2D eigenvalue weighted by Crippen LogP contribution is -2.27. The van der Waals surface area contributed by atoms with Gasteiger partial charge in [0.15, 0.2) is 0 Å². The van der Waals surface area contributed by atoms with Gasteiger partial charge in [0.1, 0.15) is 0 Å². The topological polar surface area (TPSA) is 81.7 Å². The molecular weight excluding hydrogens is 330 g/mol. The molecule has 0 aliphatic carbocycles. The minimum Gasteiger partial charge on any atom is -0.380 e. The van der Waals surface area contributed by atoms with Gasteiger partial charge < -0.3 is 10.2 Å². The summed E-state index contributed by atoms with van der Waals surface area (Å²) < 4.78 is 0. The minimum absolute atomic E-state index is 0.0110. The number of hydrogen-bond donors (Lipinski definition) is 3. The Bertz CT molecular complexity index is 764. The average molecular weight is 346 g/mol. The molecule has 1 heterocycles. The number of amides is 2. The first-order chi connectivity index (χ1) is 11.6. The molecule has 7 heteroatoms. The van der Waals surface area contributed by atoms with Crippen molar-refractivity contribution >= 4 is 34.8 Å². The van der Waals surface area contributed by atoms with E-state index in [9.17, 15) is 9.59 Å². The molecule has 6 nitrogen and oxygen atoms in total. The van der Waals surface area contributed by atoms with Crippen molar-refractivity contribution in [3.63, 3.8) is 0 Å². The standard InChI is InChI=1S/C17H16ClN3O3/c18-14-3-1-2-4-15(14)21-10-13(9-16(21)22)19-12-7-5-11(6-8-12)17(23)20-24/h1-8,13,19,24H,9-10H2,(H,20,23). The Morgan fingerprint density at radius 2 is 1.88 bits per heavy atom. The molecule has 2 aromatic carbocycles. The van der Waals surface area contributed by atoms with Crippen LogP contribution in [0.2, 0.25) is 5.02 Å². The number of nitrogens with zero attached hydrogens (tertiary/aromatic N) is 1. The predicted octanol–water partition coefficient (Wildman–Crippen LogP) is 2.68. The first-order valence-electron chi connectivity index (χ1n) is 7.44. The number of halogens is 1. The van der Waals surface area contributed by atoms with Gasteiger partial charge in [0.2, 0.25) is 5.91 Å². The van der Waals surface area contributed by atoms with Crippen LogP contribution in [0.25, 0.3) is 0 Å². The van der Waals surface area contributed by atoms with Gasteiger partial charge in [-0.25, -0.2) is 5.48 Å². The van der Waals surface area contributed by atoms with Gasteiger partial charge >= 0.3 is 0 Å². The van der Waals surface area contributed by atoms with Crippen LogP contribution >= 0.6 is 11.6 Å². The molecule has 124 valence electrons. The number of carbonyl (C=O) groups excluding carboxylic acids is 2. The van der Waals surface area contributed by atoms with Crippen molar-refractivity contribution < 1.29 is 14.8 Å². The molecule has 3 rings (SSSR count). The van der Waals surface area contributed by atoms with E-state index in [4.69, 9.17) is 16.8 Å². The number of hydrogen-bond acceptors (Lipinski definition) is 4. The van der Waals surface area contributed by atoms with Gasteiger partial charge in [-0.3, -0.25) is 14.8 Å². The Labute approximate surface area is 144 Å². The van der Waals surface area contributed by atoms with Crippen molar-refractivity contribution in [2.24, 2.45) is 0 Å². The zero-order chi connectivity index (χ0) is 17.1. The summed E-state index contributed by atoms with van der Waals surface area (Å²) in [5, 5.41) is 12.4. The molecule has 2 aromatic rings. The quantitative estimate of drug-likeness (QED) is 0.588. The SMILES string of the molecule is O=C(NO)c1ccc(NC2CC(=O)N(c3ccccc3Cl)C2)cc1. The second-order valence-electron chi connectivity index (χ2n) is 5.52. The Morgan fingerprint density at radius 3 is 2.54 bits per heavy atom. The van der Waals surface area contributed by atoms with Crippen molar-refractivity contribution in [3.05, 3.63) is 59.1 Å². The monoisotopic (exact) mass is 345 g/mol. The van der Waals surface area contributed by atoms with Gasteiger partial charge in [0.05, 0.1) is 16.8 Å². The van der Waals surface area contributed by atoms with E-state index in [1.54, 1.807) is 40.7 Å². The summed E-state index contributed by atoms with van der Waals surface area (Å²) in [5.74, 6) is -0.556. The highest BCUT2D eigenvalue weighted by Crippen LogP contribution is 2.29. The number of nitrogens with one attached hydrogen (secondary N) is 2. The summed E-state index contributed by atoms with van der Waals surface area (Å²) in [6.45, 7) is 0.515. The van der Waals surface area contributed by atoms with E-state index in [-0.39, 0.29) is 11.9 Å². The molecule has 24 heavy (non-hydrogen) atoms. The maximum Gasteiger partial charge on any atom is 0.274 e. The van der Waals surface area contributed by atoms with Crippen molar-refractivity contribution in [2.45, 2.75) is 12.5 Å². The number of carbonyl (C=O) groups is 2. The summed E-state index contributed by atoms with van der Waals surface area (Å²) in [4.78, 5) is 25.2. The molecule has 1 atom stereocenters. The Balaban J connectivity index is 1.68. The molecule has 3 N–H and O–H groups in total. The number of hydroxylamine groups is 1. The number of benzene rings is 2. The molecule has 1 aliphatic rings. The van der Waals surface area contributed by atoms with Crippen LogP contribution in [0.15, 0.2) is 48.5 Å².